The lowest BCUT2D eigenvalue weighted by molar-refractivity contribution is 0.0771. The van der Waals surface area contributed by atoms with Crippen molar-refractivity contribution in [1.29, 1.82) is 0 Å². The van der Waals surface area contributed by atoms with Gasteiger partial charge in [-0.05, 0) is 6.55 Å². The summed E-state index contributed by atoms with van der Waals surface area (Å²) in [6.07, 6.45) is 0.210. The molecule has 2 aliphatic rings. The van der Waals surface area contributed by atoms with Crippen LogP contribution >= 0.6 is 0 Å². The minimum Gasteiger partial charge on any atom is -0.417 e. The second kappa shape index (κ2) is 7.48. The molecule has 0 saturated carbocycles. The summed E-state index contributed by atoms with van der Waals surface area (Å²) >= 11 is 0. The monoisotopic (exact) mass is 482 g/mol. The molecule has 6 atom stereocenters. The van der Waals surface area contributed by atoms with Crippen molar-refractivity contribution >= 4 is 63.1 Å². The Kier molecular flexibility index (Phi) is 6.70. The van der Waals surface area contributed by atoms with Gasteiger partial charge in [-0.1, -0.05) is 0 Å². The molecule has 0 spiro atoms. The number of hydrogen-bond donors (Lipinski definition) is 3. The number of rotatable bonds is 2. The van der Waals surface area contributed by atoms with E-state index in [0.29, 0.717) is 0 Å². The van der Waals surface area contributed by atoms with Crippen molar-refractivity contribution in [2.75, 3.05) is 6.23 Å². The summed E-state index contributed by atoms with van der Waals surface area (Å²) in [4.78, 5) is 30.4. The van der Waals surface area contributed by atoms with Crippen LogP contribution in [0.4, 0.5) is 0 Å². The van der Waals surface area contributed by atoms with Crippen LogP contribution in [0.1, 0.15) is 0 Å². The summed E-state index contributed by atoms with van der Waals surface area (Å²) in [6, 6.07) is 0. The van der Waals surface area contributed by atoms with Crippen LogP contribution in [0.3, 0.4) is 0 Å². The van der Waals surface area contributed by atoms with E-state index in [2.05, 4.69) is 0 Å². The molecule has 25 heavy (non-hydrogen) atoms. The Labute approximate surface area is 156 Å². The van der Waals surface area contributed by atoms with Crippen molar-refractivity contribution in [3.8, 4) is 0 Å². The van der Waals surface area contributed by atoms with Gasteiger partial charge in [-0.15, -0.1) is 0 Å². The van der Waals surface area contributed by atoms with Crippen LogP contribution in [0.15, 0.2) is 0 Å². The quantitative estimate of drug-likeness (QED) is 0.372. The van der Waals surface area contributed by atoms with Crippen LogP contribution in [0.2, 0.25) is 39.3 Å². The van der Waals surface area contributed by atoms with E-state index < -0.39 is 63.1 Å². The second-order valence-corrected chi connectivity index (χ2v) is 23.9. The average Bonchev–Trinajstić information content (AvgIpc) is 2.32. The van der Waals surface area contributed by atoms with E-state index in [9.17, 15) is 14.4 Å². The van der Waals surface area contributed by atoms with Crippen LogP contribution in [0.25, 0.3) is 0 Å². The maximum atomic E-state index is 10.6. The largest absolute Gasteiger partial charge is 0.487 e. The van der Waals surface area contributed by atoms with Gasteiger partial charge in [0.1, 0.15) is 0 Å². The zero-order chi connectivity index (χ0) is 19.1. The van der Waals surface area contributed by atoms with Gasteiger partial charge >= 0.3 is 44.0 Å². The topological polar surface area (TPSA) is 135 Å². The first kappa shape index (κ1) is 22.4. The van der Waals surface area contributed by atoms with Gasteiger partial charge in [0.15, 0.2) is 9.04 Å². The molecule has 0 aromatic carbocycles. The van der Waals surface area contributed by atoms with E-state index in [-0.39, 0.29) is 6.23 Å². The van der Waals surface area contributed by atoms with Crippen molar-refractivity contribution in [2.45, 2.75) is 39.3 Å². The van der Waals surface area contributed by atoms with Gasteiger partial charge in [0, 0.05) is 32.7 Å². The van der Waals surface area contributed by atoms with E-state index in [4.69, 9.17) is 33.2 Å². The Morgan fingerprint density at radius 2 is 1.48 bits per heavy atom. The third-order valence-corrected chi connectivity index (χ3v) is 25.7. The van der Waals surface area contributed by atoms with Crippen molar-refractivity contribution in [3.63, 3.8) is 0 Å². The molecule has 2 fully saturated rings. The second-order valence-electron chi connectivity index (χ2n) is 6.41. The highest BCUT2D eigenvalue weighted by Gasteiger charge is 2.63. The van der Waals surface area contributed by atoms with Gasteiger partial charge in [0.05, 0.1) is 6.23 Å². The SMILES string of the molecule is C[SiH]1CO[Si](C)(O)O[Si]2(C)O[Si](C)(O)O[Si](C)(O[SiH2]O)O[Si](C)(O1)O2. The Bertz CT molecular complexity index is 497. The van der Waals surface area contributed by atoms with E-state index in [1.54, 1.807) is 13.1 Å². The molecule has 6 unspecified atom stereocenters. The molecule has 0 aromatic heterocycles. The number of hydrogen-bond acceptors (Lipinski definition) is 11. The van der Waals surface area contributed by atoms with Gasteiger partial charge in [-0.25, -0.2) is 0 Å². The molecule has 2 aliphatic heterocycles. The molecule has 11 nitrogen and oxygen atoms in total. The number of fused-ring (bicyclic) bond motifs is 2. The fourth-order valence-corrected chi connectivity index (χ4v) is 29.0. The van der Waals surface area contributed by atoms with E-state index >= 15 is 0 Å². The smallest absolute Gasteiger partial charge is 0.417 e. The zero-order valence-corrected chi connectivity index (χ0v) is 22.7. The summed E-state index contributed by atoms with van der Waals surface area (Å²) < 4.78 is 46.2. The third-order valence-electron chi connectivity index (χ3n) is 3.19. The van der Waals surface area contributed by atoms with E-state index in [1.165, 1.54) is 19.6 Å². The fraction of sp³-hybridized carbons (Fsp3) is 1.00. The molecule has 0 radical (unpaired) electrons. The molecular weight excluding hydrogens is 457 g/mol. The lowest BCUT2D eigenvalue weighted by Gasteiger charge is -2.46. The van der Waals surface area contributed by atoms with Crippen LogP contribution < -0.4 is 0 Å². The highest BCUT2D eigenvalue weighted by molar-refractivity contribution is 6.91. The predicted octanol–water partition coefficient (Wildman–Crippen LogP) is -2.14. The molecule has 18 heteroatoms. The molecular formula is C7H26O11Si7. The highest BCUT2D eigenvalue weighted by Crippen LogP contribution is 2.33. The summed E-state index contributed by atoms with van der Waals surface area (Å²) in [5, 5.41) is 0. The van der Waals surface area contributed by atoms with Gasteiger partial charge in [-0.2, -0.15) is 0 Å². The standard InChI is InChI=1S/C7H26O11Si7/c1-20-7-11-21(2,9)14-25(6)16-22(3,10)15-23(4,12-19-8)17-24(5,13-20)18-25/h8-10,20H,7,19H2,1-6H3. The fourth-order valence-electron chi connectivity index (χ4n) is 2.76. The molecule has 148 valence electrons. The van der Waals surface area contributed by atoms with Crippen LogP contribution in [-0.2, 0) is 33.2 Å². The molecule has 2 bridgehead atoms. The lowest BCUT2D eigenvalue weighted by Crippen LogP contribution is -2.71. The minimum atomic E-state index is -3.80. The minimum absolute atomic E-state index is 0.210. The van der Waals surface area contributed by atoms with Crippen LogP contribution in [-0.4, -0.2) is 83.7 Å². The normalized spacial score (nSPS) is 52.9. The van der Waals surface area contributed by atoms with Crippen LogP contribution in [0, 0.1) is 0 Å². The van der Waals surface area contributed by atoms with Crippen LogP contribution in [0.5, 0.6) is 0 Å². The maximum absolute atomic E-state index is 10.6. The zero-order valence-electron chi connectivity index (χ0n) is 15.1. The maximum Gasteiger partial charge on any atom is 0.487 e. The summed E-state index contributed by atoms with van der Waals surface area (Å²) in [6.45, 7) is 9.46. The highest BCUT2D eigenvalue weighted by atomic mass is 28.6. The first-order valence-corrected chi connectivity index (χ1v) is 22.6. The van der Waals surface area contributed by atoms with Gasteiger partial charge < -0.3 is 47.6 Å². The van der Waals surface area contributed by atoms with Gasteiger partial charge in [0.2, 0.25) is 0 Å². The van der Waals surface area contributed by atoms with E-state index in [1.807, 2.05) is 6.55 Å². The Balaban J connectivity index is 2.45. The Morgan fingerprint density at radius 3 is 2.08 bits per heavy atom. The molecule has 2 rings (SSSR count). The molecule has 0 amide bonds. The molecule has 2 heterocycles. The first-order valence-electron chi connectivity index (χ1n) is 7.72. The average molecular weight is 483 g/mol. The molecule has 2 saturated heterocycles. The molecule has 3 N–H and O–H groups in total. The van der Waals surface area contributed by atoms with Crippen molar-refractivity contribution in [1.82, 2.24) is 0 Å². The predicted molar refractivity (Wildman–Crippen MR) is 99.9 cm³/mol. The molecule has 0 aliphatic carbocycles. The third kappa shape index (κ3) is 6.29. The Morgan fingerprint density at radius 1 is 0.880 bits per heavy atom. The Hall–Kier alpha value is 1.08. The van der Waals surface area contributed by atoms with Crippen molar-refractivity contribution in [2.24, 2.45) is 0 Å². The first-order chi connectivity index (χ1) is 11.2. The van der Waals surface area contributed by atoms with Gasteiger partial charge in [0.25, 0.3) is 10.0 Å². The van der Waals surface area contributed by atoms with E-state index in [0.717, 1.165) is 0 Å². The summed E-state index contributed by atoms with van der Waals surface area (Å²) in [7, 11) is -21.6. The lowest BCUT2D eigenvalue weighted by atomic mass is 11.7. The molecule has 0 aromatic rings. The van der Waals surface area contributed by atoms with Crippen molar-refractivity contribution in [3.05, 3.63) is 0 Å². The van der Waals surface area contributed by atoms with Gasteiger partial charge in [-0.3, -0.25) is 0 Å². The van der Waals surface area contributed by atoms with Crippen molar-refractivity contribution < 1.29 is 47.6 Å². The summed E-state index contributed by atoms with van der Waals surface area (Å²) in [5.74, 6) is 0. The summed E-state index contributed by atoms with van der Waals surface area (Å²) in [5.41, 5.74) is 0.